The van der Waals surface area contributed by atoms with E-state index < -0.39 is 6.10 Å². The van der Waals surface area contributed by atoms with Crippen molar-refractivity contribution in [2.45, 2.75) is 24.7 Å². The first-order valence-corrected chi connectivity index (χ1v) is 13.0. The Hall–Kier alpha value is -4.20. The van der Waals surface area contributed by atoms with Crippen molar-refractivity contribution in [1.29, 1.82) is 0 Å². The number of hydrogen-bond donors (Lipinski definition) is 1. The van der Waals surface area contributed by atoms with E-state index >= 15 is 0 Å². The number of aldehydes is 1. The van der Waals surface area contributed by atoms with Crippen molar-refractivity contribution in [3.63, 3.8) is 0 Å². The molecule has 2 aliphatic heterocycles. The van der Waals surface area contributed by atoms with Crippen LogP contribution in [0.15, 0.2) is 114 Å². The summed E-state index contributed by atoms with van der Waals surface area (Å²) in [4.78, 5) is 29.6. The van der Waals surface area contributed by atoms with Gasteiger partial charge in [-0.2, -0.15) is 0 Å². The summed E-state index contributed by atoms with van der Waals surface area (Å²) in [6, 6.07) is 29.5. The van der Waals surface area contributed by atoms with Gasteiger partial charge in [-0.05, 0) is 16.7 Å². The number of ether oxygens (including phenoxy) is 2. The fraction of sp³-hybridized carbons (Fsp3) is 0.250. The Morgan fingerprint density at radius 1 is 0.949 bits per heavy atom. The molecule has 7 heteroatoms. The van der Waals surface area contributed by atoms with E-state index in [1.54, 1.807) is 18.2 Å². The summed E-state index contributed by atoms with van der Waals surface area (Å²) in [5, 5.41) is 11.2. The van der Waals surface area contributed by atoms with E-state index in [1.165, 1.54) is 0 Å². The molecular weight excluding hydrogens is 492 g/mol. The third kappa shape index (κ3) is 5.50. The second-order valence-corrected chi connectivity index (χ2v) is 9.65. The van der Waals surface area contributed by atoms with Crippen LogP contribution >= 0.6 is 0 Å². The first-order valence-electron chi connectivity index (χ1n) is 13.0. The van der Waals surface area contributed by atoms with Crippen molar-refractivity contribution in [2.75, 3.05) is 26.8 Å². The number of nitrogens with zero attached hydrogens (tertiary/aromatic N) is 2. The lowest BCUT2D eigenvalue weighted by Crippen LogP contribution is -2.57. The highest BCUT2D eigenvalue weighted by Crippen LogP contribution is 2.40. The molecule has 0 spiro atoms. The van der Waals surface area contributed by atoms with Gasteiger partial charge < -0.3 is 24.4 Å². The molecule has 7 nitrogen and oxygen atoms in total. The molecule has 0 bridgehead atoms. The van der Waals surface area contributed by atoms with Gasteiger partial charge in [0.2, 0.25) is 0 Å². The van der Waals surface area contributed by atoms with Crippen LogP contribution in [0, 0.1) is 0 Å². The zero-order valence-corrected chi connectivity index (χ0v) is 21.9. The Morgan fingerprint density at radius 2 is 1.54 bits per heavy atom. The zero-order valence-electron chi connectivity index (χ0n) is 21.9. The van der Waals surface area contributed by atoms with Gasteiger partial charge in [0.05, 0.1) is 12.6 Å². The predicted octanol–water partition coefficient (Wildman–Crippen LogP) is 3.86. The lowest BCUT2D eigenvalue weighted by atomic mass is 9.82. The van der Waals surface area contributed by atoms with Crippen LogP contribution in [0.4, 0.5) is 0 Å². The van der Waals surface area contributed by atoms with Gasteiger partial charge in [-0.1, -0.05) is 91.0 Å². The standard InChI is InChI=1S/C32H32N2O5/c1-38-18-17-33-20-27(28(24-13-7-3-8-14-24)25-15-9-4-10-16-25)34-19-26(21-35)30(36)31(29(34)32(33)37)39-22-23-11-5-2-6-12-23/h2-16,19,21,27-28,30,36H,17-18,20,22H2,1H3/t27-,30?/m1/s1. The number of fused-ring (bicyclic) bond motifs is 1. The Morgan fingerprint density at radius 3 is 2.10 bits per heavy atom. The number of carbonyl (C=O) groups is 2. The van der Waals surface area contributed by atoms with E-state index in [4.69, 9.17) is 9.47 Å². The number of hydrogen-bond acceptors (Lipinski definition) is 6. The molecule has 3 aromatic carbocycles. The predicted molar refractivity (Wildman–Crippen MR) is 147 cm³/mol. The Kier molecular flexibility index (Phi) is 8.20. The van der Waals surface area contributed by atoms with E-state index in [9.17, 15) is 14.7 Å². The number of rotatable bonds is 10. The lowest BCUT2D eigenvalue weighted by molar-refractivity contribution is -0.134. The molecule has 1 amide bonds. The van der Waals surface area contributed by atoms with Gasteiger partial charge in [0.25, 0.3) is 5.91 Å². The number of aliphatic hydroxyl groups is 1. The van der Waals surface area contributed by atoms with Crippen LogP contribution < -0.4 is 0 Å². The van der Waals surface area contributed by atoms with Crippen molar-refractivity contribution in [2.24, 2.45) is 0 Å². The van der Waals surface area contributed by atoms with E-state index in [0.29, 0.717) is 26.0 Å². The minimum atomic E-state index is -1.35. The smallest absolute Gasteiger partial charge is 0.274 e. The highest BCUT2D eigenvalue weighted by molar-refractivity contribution is 5.96. The molecule has 0 saturated carbocycles. The minimum absolute atomic E-state index is 0.0837. The van der Waals surface area contributed by atoms with Crippen LogP contribution in [0.5, 0.6) is 0 Å². The van der Waals surface area contributed by atoms with E-state index in [-0.39, 0.29) is 41.5 Å². The third-order valence-corrected chi connectivity index (χ3v) is 7.24. The average molecular weight is 525 g/mol. The van der Waals surface area contributed by atoms with Crippen LogP contribution in [0.2, 0.25) is 0 Å². The topological polar surface area (TPSA) is 79.3 Å². The van der Waals surface area contributed by atoms with E-state index in [0.717, 1.165) is 16.7 Å². The fourth-order valence-corrected chi connectivity index (χ4v) is 5.32. The van der Waals surface area contributed by atoms with Crippen LogP contribution in [0.1, 0.15) is 22.6 Å². The summed E-state index contributed by atoms with van der Waals surface area (Å²) in [5.74, 6) is -0.331. The van der Waals surface area contributed by atoms with Crippen LogP contribution in [0.25, 0.3) is 0 Å². The van der Waals surface area contributed by atoms with Gasteiger partial charge in [-0.15, -0.1) is 0 Å². The maximum atomic E-state index is 13.9. The number of carbonyl (C=O) groups excluding carboxylic acids is 2. The number of methoxy groups -OCH3 is 1. The van der Waals surface area contributed by atoms with Crippen LogP contribution in [-0.2, 0) is 25.7 Å². The molecule has 1 saturated heterocycles. The molecule has 0 radical (unpaired) electrons. The van der Waals surface area contributed by atoms with Crippen molar-refractivity contribution < 1.29 is 24.2 Å². The van der Waals surface area contributed by atoms with Gasteiger partial charge in [0.15, 0.2) is 12.0 Å². The monoisotopic (exact) mass is 524 g/mol. The second-order valence-electron chi connectivity index (χ2n) is 9.65. The first-order chi connectivity index (χ1) is 19.1. The maximum absolute atomic E-state index is 13.9. The molecule has 39 heavy (non-hydrogen) atoms. The molecule has 2 atom stereocenters. The normalized spacial score (nSPS) is 19.2. The number of amides is 1. The Balaban J connectivity index is 1.64. The molecule has 2 aliphatic rings. The maximum Gasteiger partial charge on any atom is 0.274 e. The second kappa shape index (κ2) is 12.1. The third-order valence-electron chi connectivity index (χ3n) is 7.24. The Bertz CT molecular complexity index is 1300. The molecule has 0 aromatic heterocycles. The molecular formula is C32H32N2O5. The number of benzene rings is 3. The van der Waals surface area contributed by atoms with Gasteiger partial charge in [-0.25, -0.2) is 0 Å². The number of aliphatic hydroxyl groups excluding tert-OH is 1. The van der Waals surface area contributed by atoms with Crippen molar-refractivity contribution in [3.8, 4) is 0 Å². The van der Waals surface area contributed by atoms with Crippen molar-refractivity contribution in [1.82, 2.24) is 9.80 Å². The molecule has 3 aromatic rings. The molecule has 200 valence electrons. The van der Waals surface area contributed by atoms with E-state index in [1.807, 2.05) is 71.6 Å². The summed E-state index contributed by atoms with van der Waals surface area (Å²) < 4.78 is 11.5. The largest absolute Gasteiger partial charge is 0.488 e. The molecule has 1 N–H and O–H groups in total. The minimum Gasteiger partial charge on any atom is -0.488 e. The average Bonchev–Trinajstić information content (AvgIpc) is 2.98. The summed E-state index contributed by atoms with van der Waals surface area (Å²) >= 11 is 0. The quantitative estimate of drug-likeness (QED) is 0.406. The number of piperazine rings is 1. The zero-order chi connectivity index (χ0) is 27.2. The van der Waals surface area contributed by atoms with Crippen molar-refractivity contribution >= 4 is 12.2 Å². The first kappa shape index (κ1) is 26.4. The van der Waals surface area contributed by atoms with Crippen LogP contribution in [0.3, 0.4) is 0 Å². The van der Waals surface area contributed by atoms with Gasteiger partial charge in [0.1, 0.15) is 18.4 Å². The summed E-state index contributed by atoms with van der Waals surface area (Å²) in [6.07, 6.45) is 0.889. The van der Waals surface area contributed by atoms with Gasteiger partial charge >= 0.3 is 0 Å². The molecule has 1 unspecified atom stereocenters. The molecule has 5 rings (SSSR count). The van der Waals surface area contributed by atoms with Gasteiger partial charge in [-0.3, -0.25) is 9.59 Å². The Labute approximate surface area is 228 Å². The SMILES string of the molecule is COCCN1C[C@H](C(c2ccccc2)c2ccccc2)N2C=C(C=O)C(O)C(OCc3ccccc3)=C2C1=O. The lowest BCUT2D eigenvalue weighted by Gasteiger charge is -2.47. The molecule has 2 heterocycles. The molecule has 1 fully saturated rings. The van der Waals surface area contributed by atoms with Crippen LogP contribution in [-0.4, -0.2) is 66.1 Å². The highest BCUT2D eigenvalue weighted by Gasteiger charge is 2.46. The summed E-state index contributed by atoms with van der Waals surface area (Å²) in [5.41, 5.74) is 3.42. The fourth-order valence-electron chi connectivity index (χ4n) is 5.32. The van der Waals surface area contributed by atoms with Gasteiger partial charge in [0, 0.05) is 37.9 Å². The van der Waals surface area contributed by atoms with E-state index in [2.05, 4.69) is 24.3 Å². The summed E-state index contributed by atoms with van der Waals surface area (Å²) in [7, 11) is 1.60. The van der Waals surface area contributed by atoms with Crippen molar-refractivity contribution in [3.05, 3.63) is 131 Å². The summed E-state index contributed by atoms with van der Waals surface area (Å²) in [6.45, 7) is 1.29. The molecule has 0 aliphatic carbocycles. The highest BCUT2D eigenvalue weighted by atomic mass is 16.5.